The van der Waals surface area contributed by atoms with Crippen LogP contribution in [0.3, 0.4) is 0 Å². The molecule has 5 rings (SSSR count). The highest BCUT2D eigenvalue weighted by Crippen LogP contribution is 2.29. The minimum absolute atomic E-state index is 0.00874. The molecule has 1 N–H and O–H groups in total. The highest BCUT2D eigenvalue weighted by Gasteiger charge is 2.40. The van der Waals surface area contributed by atoms with Gasteiger partial charge in [0, 0.05) is 28.7 Å². The topological polar surface area (TPSA) is 80.6 Å². The van der Waals surface area contributed by atoms with Gasteiger partial charge in [-0.1, -0.05) is 49.2 Å². The monoisotopic (exact) mass is 457 g/mol. The summed E-state index contributed by atoms with van der Waals surface area (Å²) in [4.78, 5) is 39.4. The van der Waals surface area contributed by atoms with E-state index in [9.17, 15) is 14.4 Å². The molecule has 1 aromatic heterocycles. The molecule has 2 aliphatic rings. The van der Waals surface area contributed by atoms with Gasteiger partial charge in [-0.15, -0.1) is 0 Å². The number of amides is 4. The fourth-order valence-electron chi connectivity index (χ4n) is 4.87. The van der Waals surface area contributed by atoms with Crippen molar-refractivity contribution < 1.29 is 19.1 Å². The highest BCUT2D eigenvalue weighted by atomic mass is 16.5. The standard InChI is InChI=1S/C27H27N3O4/c1-18-8-2-7-13-24(18)34-15-14-29-17-19(21-11-5-6-12-23(21)29)16-22-25(31)28-27(33)30(26(22)32)20-9-3-4-10-20/h2,5-8,11-13,16-17,20H,3-4,9-10,14-15H2,1H3,(H,28,31,33)/b22-16-. The number of benzene rings is 2. The summed E-state index contributed by atoms with van der Waals surface area (Å²) in [6, 6.07) is 15.0. The Bertz CT molecular complexity index is 1300. The molecule has 2 heterocycles. The lowest BCUT2D eigenvalue weighted by molar-refractivity contribution is -0.131. The third kappa shape index (κ3) is 4.09. The van der Waals surface area contributed by atoms with Gasteiger partial charge in [0.05, 0.1) is 6.54 Å². The van der Waals surface area contributed by atoms with Gasteiger partial charge in [-0.25, -0.2) is 4.79 Å². The molecule has 174 valence electrons. The van der Waals surface area contributed by atoms with Crippen LogP contribution in [0.2, 0.25) is 0 Å². The van der Waals surface area contributed by atoms with E-state index in [2.05, 4.69) is 9.88 Å². The van der Waals surface area contributed by atoms with Gasteiger partial charge in [-0.2, -0.15) is 0 Å². The van der Waals surface area contributed by atoms with Crippen LogP contribution in [0.5, 0.6) is 5.75 Å². The second kappa shape index (κ2) is 9.17. The molecule has 7 nitrogen and oxygen atoms in total. The smallest absolute Gasteiger partial charge is 0.331 e. The molecule has 0 radical (unpaired) electrons. The van der Waals surface area contributed by atoms with Crippen molar-refractivity contribution in [1.82, 2.24) is 14.8 Å². The lowest BCUT2D eigenvalue weighted by atomic mass is 10.0. The van der Waals surface area contributed by atoms with Gasteiger partial charge in [-0.3, -0.25) is 19.8 Å². The Morgan fingerprint density at radius 2 is 1.76 bits per heavy atom. The predicted molar refractivity (Wildman–Crippen MR) is 129 cm³/mol. The van der Waals surface area contributed by atoms with Gasteiger partial charge < -0.3 is 9.30 Å². The Balaban J connectivity index is 1.43. The van der Waals surface area contributed by atoms with Crippen molar-refractivity contribution in [3.8, 4) is 5.75 Å². The van der Waals surface area contributed by atoms with Crippen LogP contribution in [0.4, 0.5) is 4.79 Å². The molecular formula is C27H27N3O4. The minimum Gasteiger partial charge on any atom is -0.491 e. The van der Waals surface area contributed by atoms with E-state index in [4.69, 9.17) is 4.74 Å². The number of nitrogens with one attached hydrogen (secondary N) is 1. The number of urea groups is 1. The van der Waals surface area contributed by atoms with Gasteiger partial charge in [0.15, 0.2) is 0 Å². The highest BCUT2D eigenvalue weighted by molar-refractivity contribution is 6.31. The van der Waals surface area contributed by atoms with E-state index in [1.54, 1.807) is 6.08 Å². The fourth-order valence-corrected chi connectivity index (χ4v) is 4.87. The van der Waals surface area contributed by atoms with E-state index in [-0.39, 0.29) is 11.6 Å². The molecule has 1 saturated heterocycles. The van der Waals surface area contributed by atoms with E-state index < -0.39 is 17.8 Å². The van der Waals surface area contributed by atoms with Crippen molar-refractivity contribution in [3.63, 3.8) is 0 Å². The van der Waals surface area contributed by atoms with Crippen molar-refractivity contribution in [2.24, 2.45) is 0 Å². The Labute approximate surface area is 198 Å². The van der Waals surface area contributed by atoms with Crippen LogP contribution in [-0.4, -0.2) is 40.0 Å². The molecule has 2 aromatic carbocycles. The van der Waals surface area contributed by atoms with Crippen molar-refractivity contribution in [3.05, 3.63) is 71.4 Å². The summed E-state index contributed by atoms with van der Waals surface area (Å²) in [6.07, 6.45) is 7.05. The van der Waals surface area contributed by atoms with Crippen molar-refractivity contribution in [2.75, 3.05) is 6.61 Å². The average molecular weight is 458 g/mol. The Hall–Kier alpha value is -3.87. The second-order valence-corrected chi connectivity index (χ2v) is 8.84. The first-order chi connectivity index (χ1) is 16.5. The molecule has 2 fully saturated rings. The van der Waals surface area contributed by atoms with Crippen LogP contribution < -0.4 is 10.1 Å². The Morgan fingerprint density at radius 3 is 2.56 bits per heavy atom. The van der Waals surface area contributed by atoms with E-state index >= 15 is 0 Å². The predicted octanol–water partition coefficient (Wildman–Crippen LogP) is 4.43. The lowest BCUT2D eigenvalue weighted by Gasteiger charge is -2.31. The largest absolute Gasteiger partial charge is 0.491 e. The molecule has 1 aliphatic carbocycles. The molecule has 0 atom stereocenters. The summed E-state index contributed by atoms with van der Waals surface area (Å²) in [5.41, 5.74) is 2.81. The summed E-state index contributed by atoms with van der Waals surface area (Å²) in [7, 11) is 0. The summed E-state index contributed by atoms with van der Waals surface area (Å²) >= 11 is 0. The van der Waals surface area contributed by atoms with Gasteiger partial charge in [-0.05, 0) is 43.5 Å². The van der Waals surface area contributed by atoms with Gasteiger partial charge in [0.2, 0.25) is 0 Å². The van der Waals surface area contributed by atoms with Crippen LogP contribution in [0.25, 0.3) is 17.0 Å². The molecule has 3 aromatic rings. The normalized spacial score (nSPS) is 18.2. The minimum atomic E-state index is -0.649. The number of fused-ring (bicyclic) bond motifs is 1. The molecule has 0 bridgehead atoms. The Morgan fingerprint density at radius 1 is 1.03 bits per heavy atom. The number of barbiturate groups is 1. The summed E-state index contributed by atoms with van der Waals surface area (Å²) < 4.78 is 8.03. The maximum Gasteiger partial charge on any atom is 0.331 e. The summed E-state index contributed by atoms with van der Waals surface area (Å²) in [5, 5.41) is 3.28. The average Bonchev–Trinajstić information content (AvgIpc) is 3.47. The zero-order valence-electron chi connectivity index (χ0n) is 19.1. The number of nitrogens with zero attached hydrogens (tertiary/aromatic N) is 2. The number of carbonyl (C=O) groups excluding carboxylic acids is 3. The molecule has 34 heavy (non-hydrogen) atoms. The number of ether oxygens (including phenoxy) is 1. The fraction of sp³-hybridized carbons (Fsp3) is 0.296. The number of imide groups is 2. The van der Waals surface area contributed by atoms with Crippen LogP contribution >= 0.6 is 0 Å². The van der Waals surface area contributed by atoms with Gasteiger partial charge >= 0.3 is 6.03 Å². The van der Waals surface area contributed by atoms with Crippen LogP contribution in [0, 0.1) is 6.92 Å². The number of aromatic nitrogens is 1. The quantitative estimate of drug-likeness (QED) is 0.439. The van der Waals surface area contributed by atoms with E-state index in [0.717, 1.165) is 53.5 Å². The lowest BCUT2D eigenvalue weighted by Crippen LogP contribution is -2.57. The number of carbonyl (C=O) groups is 3. The maximum absolute atomic E-state index is 13.2. The second-order valence-electron chi connectivity index (χ2n) is 8.84. The van der Waals surface area contributed by atoms with E-state index in [1.165, 1.54) is 4.90 Å². The number of hydrogen-bond acceptors (Lipinski definition) is 4. The zero-order valence-corrected chi connectivity index (χ0v) is 19.1. The molecule has 4 amide bonds. The van der Waals surface area contributed by atoms with Crippen molar-refractivity contribution >= 4 is 34.8 Å². The van der Waals surface area contributed by atoms with Crippen molar-refractivity contribution in [1.29, 1.82) is 0 Å². The van der Waals surface area contributed by atoms with E-state index in [0.29, 0.717) is 13.2 Å². The van der Waals surface area contributed by atoms with Crippen LogP contribution in [0.1, 0.15) is 36.8 Å². The number of hydrogen-bond donors (Lipinski definition) is 1. The molecule has 7 heteroatoms. The first kappa shape index (κ1) is 21.9. The maximum atomic E-state index is 13.2. The molecule has 0 unspecified atom stereocenters. The summed E-state index contributed by atoms with van der Waals surface area (Å²) in [5.74, 6) is -0.313. The SMILES string of the molecule is Cc1ccccc1OCCn1cc(/C=C2/C(=O)NC(=O)N(C3CCCC3)C2=O)c2ccccc21. The number of aryl methyl sites for hydroxylation is 1. The number of rotatable bonds is 6. The third-order valence-corrected chi connectivity index (χ3v) is 6.63. The molecule has 0 spiro atoms. The first-order valence-electron chi connectivity index (χ1n) is 11.7. The number of para-hydroxylation sites is 2. The molecule has 1 aliphatic heterocycles. The summed E-state index contributed by atoms with van der Waals surface area (Å²) in [6.45, 7) is 3.09. The van der Waals surface area contributed by atoms with Crippen LogP contribution in [-0.2, 0) is 16.1 Å². The third-order valence-electron chi connectivity index (χ3n) is 6.63. The zero-order chi connectivity index (χ0) is 23.7. The van der Waals surface area contributed by atoms with Gasteiger partial charge in [0.25, 0.3) is 11.8 Å². The first-order valence-corrected chi connectivity index (χ1v) is 11.7. The Kier molecular flexibility index (Phi) is 5.92. The van der Waals surface area contributed by atoms with E-state index in [1.807, 2.05) is 61.7 Å². The molecular weight excluding hydrogens is 430 g/mol. The van der Waals surface area contributed by atoms with Crippen LogP contribution in [0.15, 0.2) is 60.3 Å². The van der Waals surface area contributed by atoms with Crippen molar-refractivity contribution in [2.45, 2.75) is 45.2 Å². The molecule has 1 saturated carbocycles. The van der Waals surface area contributed by atoms with Gasteiger partial charge in [0.1, 0.15) is 17.9 Å².